The Labute approximate surface area is 118 Å². The van der Waals surface area contributed by atoms with Crippen LogP contribution in [0.2, 0.25) is 0 Å². The molecule has 4 heteroatoms. The topological polar surface area (TPSA) is 29.0 Å². The number of aryl methyl sites for hydroxylation is 1. The molecule has 0 N–H and O–H groups in total. The minimum absolute atomic E-state index is 0.672. The first-order chi connectivity index (χ1) is 8.74. The van der Waals surface area contributed by atoms with E-state index in [1.54, 1.807) is 0 Å². The van der Waals surface area contributed by atoms with Gasteiger partial charge in [-0.2, -0.15) is 0 Å². The van der Waals surface area contributed by atoms with Crippen molar-refractivity contribution in [1.29, 1.82) is 0 Å². The Balaban J connectivity index is 2.23. The van der Waals surface area contributed by atoms with Crippen molar-refractivity contribution in [3.05, 3.63) is 16.5 Å². The second-order valence-electron chi connectivity index (χ2n) is 4.94. The third-order valence-electron chi connectivity index (χ3n) is 3.60. The molecule has 0 saturated heterocycles. The van der Waals surface area contributed by atoms with Crippen molar-refractivity contribution in [2.24, 2.45) is 0 Å². The highest BCUT2D eigenvalue weighted by Gasteiger charge is 2.23. The van der Waals surface area contributed by atoms with Crippen LogP contribution in [-0.2, 0) is 6.42 Å². The maximum atomic E-state index is 4.72. The molecule has 1 aromatic rings. The van der Waals surface area contributed by atoms with Crippen LogP contribution in [0.5, 0.6) is 0 Å². The van der Waals surface area contributed by atoms with Gasteiger partial charge in [-0.3, -0.25) is 0 Å². The molecule has 0 bridgehead atoms. The van der Waals surface area contributed by atoms with E-state index in [0.29, 0.717) is 6.04 Å². The lowest BCUT2D eigenvalue weighted by atomic mass is 10.2. The number of hydrogen-bond donors (Lipinski definition) is 0. The van der Waals surface area contributed by atoms with Crippen LogP contribution in [0, 0.1) is 0 Å². The molecule has 0 radical (unpaired) electrons. The van der Waals surface area contributed by atoms with Crippen LogP contribution in [0.4, 0.5) is 5.82 Å². The molecule has 0 aromatic carbocycles. The van der Waals surface area contributed by atoms with Crippen LogP contribution in [-0.4, -0.2) is 22.6 Å². The van der Waals surface area contributed by atoms with Crippen molar-refractivity contribution in [3.8, 4) is 0 Å². The zero-order valence-electron chi connectivity index (χ0n) is 11.3. The van der Waals surface area contributed by atoms with Crippen molar-refractivity contribution in [2.75, 3.05) is 11.4 Å². The summed E-state index contributed by atoms with van der Waals surface area (Å²) in [6.07, 6.45) is 7.36. The summed E-state index contributed by atoms with van der Waals surface area (Å²) in [5.74, 6) is 2.05. The van der Waals surface area contributed by atoms with Crippen LogP contribution < -0.4 is 4.90 Å². The van der Waals surface area contributed by atoms with Gasteiger partial charge < -0.3 is 4.90 Å². The number of anilines is 1. The van der Waals surface area contributed by atoms with E-state index >= 15 is 0 Å². The standard InChI is InChI=1S/C14H22BrN3/c1-3-7-13-16-12(15)10-14(17-13)18(4-2)11-8-5-6-9-11/h10-11H,3-9H2,1-2H3. The molecule has 0 spiro atoms. The van der Waals surface area contributed by atoms with Gasteiger partial charge in [0, 0.05) is 25.1 Å². The van der Waals surface area contributed by atoms with Gasteiger partial charge in [0.25, 0.3) is 0 Å². The fraction of sp³-hybridized carbons (Fsp3) is 0.714. The van der Waals surface area contributed by atoms with Crippen LogP contribution in [0.1, 0.15) is 51.8 Å². The fourth-order valence-corrected chi connectivity index (χ4v) is 3.17. The molecule has 1 saturated carbocycles. The van der Waals surface area contributed by atoms with E-state index in [1.807, 2.05) is 0 Å². The first-order valence-corrected chi connectivity index (χ1v) is 7.84. The molecular weight excluding hydrogens is 290 g/mol. The Hall–Kier alpha value is -0.640. The monoisotopic (exact) mass is 311 g/mol. The second kappa shape index (κ2) is 6.50. The Morgan fingerprint density at radius 1 is 1.28 bits per heavy atom. The second-order valence-corrected chi connectivity index (χ2v) is 5.75. The molecular formula is C14H22BrN3. The van der Waals surface area contributed by atoms with Gasteiger partial charge in [-0.05, 0) is 42.1 Å². The van der Waals surface area contributed by atoms with Gasteiger partial charge in [0.2, 0.25) is 0 Å². The Bertz CT molecular complexity index is 389. The first-order valence-electron chi connectivity index (χ1n) is 7.04. The number of rotatable bonds is 5. The molecule has 0 atom stereocenters. The summed E-state index contributed by atoms with van der Waals surface area (Å²) in [6, 6.07) is 2.73. The molecule has 2 rings (SSSR count). The molecule has 1 aliphatic carbocycles. The fourth-order valence-electron chi connectivity index (χ4n) is 2.76. The lowest BCUT2D eigenvalue weighted by molar-refractivity contribution is 0.609. The minimum Gasteiger partial charge on any atom is -0.354 e. The first kappa shape index (κ1) is 13.8. The highest BCUT2D eigenvalue weighted by molar-refractivity contribution is 9.10. The summed E-state index contributed by atoms with van der Waals surface area (Å²) in [6.45, 7) is 5.41. The number of aromatic nitrogens is 2. The molecule has 0 unspecified atom stereocenters. The molecule has 1 aromatic heterocycles. The smallest absolute Gasteiger partial charge is 0.133 e. The molecule has 1 heterocycles. The quantitative estimate of drug-likeness (QED) is 0.771. The maximum absolute atomic E-state index is 4.72. The van der Waals surface area contributed by atoms with Gasteiger partial charge in [0.1, 0.15) is 16.2 Å². The van der Waals surface area contributed by atoms with Crippen molar-refractivity contribution in [2.45, 2.75) is 58.4 Å². The molecule has 0 aliphatic heterocycles. The predicted octanol–water partition coefficient (Wildman–Crippen LogP) is 3.96. The zero-order valence-corrected chi connectivity index (χ0v) is 12.9. The third kappa shape index (κ3) is 3.22. The van der Waals surface area contributed by atoms with E-state index in [1.165, 1.54) is 25.7 Å². The van der Waals surface area contributed by atoms with Gasteiger partial charge in [-0.1, -0.05) is 19.8 Å². The van der Waals surface area contributed by atoms with Crippen molar-refractivity contribution in [1.82, 2.24) is 9.97 Å². The summed E-state index contributed by atoms with van der Waals surface area (Å²) in [4.78, 5) is 11.6. The van der Waals surface area contributed by atoms with E-state index in [0.717, 1.165) is 35.6 Å². The van der Waals surface area contributed by atoms with Gasteiger partial charge in [-0.25, -0.2) is 9.97 Å². The van der Waals surface area contributed by atoms with Crippen molar-refractivity contribution in [3.63, 3.8) is 0 Å². The van der Waals surface area contributed by atoms with E-state index in [2.05, 4.69) is 45.7 Å². The molecule has 0 amide bonds. The van der Waals surface area contributed by atoms with Gasteiger partial charge in [0.15, 0.2) is 0 Å². The third-order valence-corrected chi connectivity index (χ3v) is 4.01. The predicted molar refractivity (Wildman–Crippen MR) is 79.0 cm³/mol. The molecule has 18 heavy (non-hydrogen) atoms. The van der Waals surface area contributed by atoms with E-state index in [9.17, 15) is 0 Å². The van der Waals surface area contributed by atoms with Crippen molar-refractivity contribution < 1.29 is 0 Å². The highest BCUT2D eigenvalue weighted by Crippen LogP contribution is 2.28. The van der Waals surface area contributed by atoms with Crippen LogP contribution in [0.25, 0.3) is 0 Å². The minimum atomic E-state index is 0.672. The Morgan fingerprint density at radius 3 is 2.61 bits per heavy atom. The summed E-state index contributed by atoms with van der Waals surface area (Å²) in [5.41, 5.74) is 0. The zero-order chi connectivity index (χ0) is 13.0. The number of halogens is 1. The van der Waals surface area contributed by atoms with E-state index < -0.39 is 0 Å². The van der Waals surface area contributed by atoms with E-state index in [4.69, 9.17) is 4.98 Å². The molecule has 1 aliphatic rings. The molecule has 1 fully saturated rings. The lowest BCUT2D eigenvalue weighted by Crippen LogP contribution is -2.34. The number of nitrogens with zero attached hydrogens (tertiary/aromatic N) is 3. The average molecular weight is 312 g/mol. The normalized spacial score (nSPS) is 16.2. The van der Waals surface area contributed by atoms with Gasteiger partial charge >= 0.3 is 0 Å². The molecule has 100 valence electrons. The summed E-state index contributed by atoms with van der Waals surface area (Å²) in [7, 11) is 0. The number of hydrogen-bond acceptors (Lipinski definition) is 3. The Kier molecular flexibility index (Phi) is 4.98. The van der Waals surface area contributed by atoms with Crippen LogP contribution in [0.3, 0.4) is 0 Å². The van der Waals surface area contributed by atoms with Crippen LogP contribution >= 0.6 is 15.9 Å². The SMILES string of the molecule is CCCc1nc(Br)cc(N(CC)C2CCCC2)n1. The summed E-state index contributed by atoms with van der Waals surface area (Å²) in [5, 5.41) is 0. The highest BCUT2D eigenvalue weighted by atomic mass is 79.9. The maximum Gasteiger partial charge on any atom is 0.133 e. The Morgan fingerprint density at radius 2 is 2.00 bits per heavy atom. The van der Waals surface area contributed by atoms with Crippen LogP contribution in [0.15, 0.2) is 10.7 Å². The lowest BCUT2D eigenvalue weighted by Gasteiger charge is -2.29. The molecule has 3 nitrogen and oxygen atoms in total. The van der Waals surface area contributed by atoms with Gasteiger partial charge in [0.05, 0.1) is 0 Å². The summed E-state index contributed by atoms with van der Waals surface area (Å²) >= 11 is 3.51. The van der Waals surface area contributed by atoms with Gasteiger partial charge in [-0.15, -0.1) is 0 Å². The average Bonchev–Trinajstić information content (AvgIpc) is 2.83. The van der Waals surface area contributed by atoms with Crippen molar-refractivity contribution >= 4 is 21.7 Å². The summed E-state index contributed by atoms with van der Waals surface area (Å²) < 4.78 is 0.910. The largest absolute Gasteiger partial charge is 0.354 e. The van der Waals surface area contributed by atoms with E-state index in [-0.39, 0.29) is 0 Å².